The molecule has 0 aromatic rings. The van der Waals surface area contributed by atoms with Crippen LogP contribution in [0.5, 0.6) is 0 Å². The second-order valence-corrected chi connectivity index (χ2v) is 8.90. The molecular weight excluding hydrogens is 272 g/mol. The number of hydrogen-bond acceptors (Lipinski definition) is 1. The van der Waals surface area contributed by atoms with Gasteiger partial charge in [-0.2, -0.15) is 0 Å². The van der Waals surface area contributed by atoms with Gasteiger partial charge in [0.25, 0.3) is 0 Å². The van der Waals surface area contributed by atoms with Crippen molar-refractivity contribution < 1.29 is 4.43 Å². The van der Waals surface area contributed by atoms with Crippen LogP contribution in [0.2, 0.25) is 13.1 Å². The van der Waals surface area contributed by atoms with Crippen molar-refractivity contribution in [3.8, 4) is 0 Å². The first-order valence-corrected chi connectivity index (χ1v) is 12.0. The minimum absolute atomic E-state index is 0.481. The summed E-state index contributed by atoms with van der Waals surface area (Å²) < 4.78 is 5.78. The topological polar surface area (TPSA) is 9.23 Å². The second-order valence-electron chi connectivity index (χ2n) is 6.79. The molecule has 0 aliphatic heterocycles. The van der Waals surface area contributed by atoms with E-state index in [4.69, 9.17) is 4.43 Å². The minimum Gasteiger partial charge on any atom is -0.417 e. The van der Waals surface area contributed by atoms with Crippen LogP contribution in [0.3, 0.4) is 0 Å². The summed E-state index contributed by atoms with van der Waals surface area (Å²) in [4.78, 5) is 0. The summed E-state index contributed by atoms with van der Waals surface area (Å²) in [5.74, 6) is 0.903. The molecular formula is C19H41OSi. The lowest BCUT2D eigenvalue weighted by Gasteiger charge is -2.15. The SMILES string of the molecule is CCCCCCCCCCCCC(CC)CCO[Si](C)C. The third-order valence-corrected chi connectivity index (χ3v) is 5.24. The summed E-state index contributed by atoms with van der Waals surface area (Å²) in [5.41, 5.74) is 0. The van der Waals surface area contributed by atoms with E-state index in [2.05, 4.69) is 26.9 Å². The highest BCUT2D eigenvalue weighted by Crippen LogP contribution is 2.19. The van der Waals surface area contributed by atoms with Crippen LogP contribution in [0, 0.1) is 5.92 Å². The molecule has 127 valence electrons. The number of unbranched alkanes of at least 4 members (excludes halogenated alkanes) is 9. The predicted molar refractivity (Wildman–Crippen MR) is 98.3 cm³/mol. The van der Waals surface area contributed by atoms with Crippen LogP contribution in [-0.2, 0) is 4.43 Å². The normalized spacial score (nSPS) is 13.0. The first-order valence-electron chi connectivity index (χ1n) is 9.63. The summed E-state index contributed by atoms with van der Waals surface area (Å²) in [6.45, 7) is 10.1. The fourth-order valence-corrected chi connectivity index (χ4v) is 3.43. The monoisotopic (exact) mass is 313 g/mol. The van der Waals surface area contributed by atoms with Gasteiger partial charge in [-0.1, -0.05) is 90.9 Å². The molecule has 0 aliphatic rings. The van der Waals surface area contributed by atoms with Crippen LogP contribution in [-0.4, -0.2) is 15.6 Å². The van der Waals surface area contributed by atoms with Gasteiger partial charge in [-0.3, -0.25) is 0 Å². The quantitative estimate of drug-likeness (QED) is 0.220. The zero-order valence-electron chi connectivity index (χ0n) is 15.4. The smallest absolute Gasteiger partial charge is 0.204 e. The predicted octanol–water partition coefficient (Wildman–Crippen LogP) is 6.98. The highest BCUT2D eigenvalue weighted by atomic mass is 28.3. The summed E-state index contributed by atoms with van der Waals surface area (Å²) in [5, 5.41) is 0. The van der Waals surface area contributed by atoms with Gasteiger partial charge in [-0.15, -0.1) is 0 Å². The highest BCUT2D eigenvalue weighted by molar-refractivity contribution is 6.48. The van der Waals surface area contributed by atoms with Crippen LogP contribution in [0.4, 0.5) is 0 Å². The van der Waals surface area contributed by atoms with Gasteiger partial charge < -0.3 is 4.43 Å². The fraction of sp³-hybridized carbons (Fsp3) is 1.00. The Labute approximate surface area is 137 Å². The molecule has 2 heteroatoms. The van der Waals surface area contributed by atoms with Gasteiger partial charge in [0.1, 0.15) is 0 Å². The summed E-state index contributed by atoms with van der Waals surface area (Å²) in [7, 11) is -0.481. The van der Waals surface area contributed by atoms with Crippen molar-refractivity contribution in [3.05, 3.63) is 0 Å². The van der Waals surface area contributed by atoms with E-state index >= 15 is 0 Å². The van der Waals surface area contributed by atoms with Crippen LogP contribution < -0.4 is 0 Å². The molecule has 21 heavy (non-hydrogen) atoms. The lowest BCUT2D eigenvalue weighted by atomic mass is 9.95. The molecule has 0 heterocycles. The van der Waals surface area contributed by atoms with Gasteiger partial charge in [0.05, 0.1) is 0 Å². The molecule has 0 aliphatic carbocycles. The van der Waals surface area contributed by atoms with E-state index in [1.807, 2.05) is 0 Å². The molecule has 1 nitrogen and oxygen atoms in total. The molecule has 0 N–H and O–H groups in total. The van der Waals surface area contributed by atoms with Crippen molar-refractivity contribution in [3.63, 3.8) is 0 Å². The molecule has 0 aromatic carbocycles. The Bertz CT molecular complexity index is 194. The van der Waals surface area contributed by atoms with E-state index in [0.717, 1.165) is 12.5 Å². The van der Waals surface area contributed by atoms with Gasteiger partial charge in [0.2, 0.25) is 9.04 Å². The Balaban J connectivity index is 3.27. The van der Waals surface area contributed by atoms with Crippen molar-refractivity contribution >= 4 is 9.04 Å². The molecule has 1 unspecified atom stereocenters. The standard InChI is InChI=1S/C19H41OSi/c1-5-7-8-9-10-11-12-13-14-15-16-19(6-2)17-18-20-21(3)4/h19H,5-18H2,1-4H3. The van der Waals surface area contributed by atoms with Crippen molar-refractivity contribution in [2.75, 3.05) is 6.61 Å². The van der Waals surface area contributed by atoms with E-state index in [0.29, 0.717) is 0 Å². The summed E-state index contributed by atoms with van der Waals surface area (Å²) in [6.07, 6.45) is 18.5. The second kappa shape index (κ2) is 16.5. The third-order valence-electron chi connectivity index (χ3n) is 4.46. The Hall–Kier alpha value is 0.177. The number of rotatable bonds is 16. The van der Waals surface area contributed by atoms with Crippen molar-refractivity contribution in [2.45, 2.75) is 110 Å². The summed E-state index contributed by atoms with van der Waals surface area (Å²) in [6, 6.07) is 0. The lowest BCUT2D eigenvalue weighted by molar-refractivity contribution is 0.270. The van der Waals surface area contributed by atoms with Crippen molar-refractivity contribution in [1.29, 1.82) is 0 Å². The average molecular weight is 314 g/mol. The maximum absolute atomic E-state index is 5.78. The molecule has 0 rings (SSSR count). The lowest BCUT2D eigenvalue weighted by Crippen LogP contribution is -2.12. The van der Waals surface area contributed by atoms with Gasteiger partial charge in [-0.25, -0.2) is 0 Å². The minimum atomic E-state index is -0.481. The number of hydrogen-bond donors (Lipinski definition) is 0. The first-order chi connectivity index (χ1) is 10.2. The van der Waals surface area contributed by atoms with Crippen molar-refractivity contribution in [1.82, 2.24) is 0 Å². The molecule has 0 fully saturated rings. The van der Waals surface area contributed by atoms with Gasteiger partial charge in [0, 0.05) is 6.61 Å². The van der Waals surface area contributed by atoms with E-state index in [9.17, 15) is 0 Å². The highest BCUT2D eigenvalue weighted by Gasteiger charge is 2.07. The van der Waals surface area contributed by atoms with Crippen LogP contribution >= 0.6 is 0 Å². The molecule has 1 atom stereocenters. The maximum atomic E-state index is 5.78. The molecule has 0 bridgehead atoms. The van der Waals surface area contributed by atoms with Gasteiger partial charge in [-0.05, 0) is 25.4 Å². The van der Waals surface area contributed by atoms with Gasteiger partial charge >= 0.3 is 0 Å². The molecule has 0 saturated heterocycles. The fourth-order valence-electron chi connectivity index (χ4n) is 2.90. The van der Waals surface area contributed by atoms with Crippen LogP contribution in [0.15, 0.2) is 0 Å². The Morgan fingerprint density at radius 1 is 0.714 bits per heavy atom. The Kier molecular flexibility index (Phi) is 16.7. The van der Waals surface area contributed by atoms with E-state index in [-0.39, 0.29) is 0 Å². The maximum Gasteiger partial charge on any atom is 0.204 e. The van der Waals surface area contributed by atoms with E-state index < -0.39 is 9.04 Å². The Morgan fingerprint density at radius 3 is 1.71 bits per heavy atom. The zero-order chi connectivity index (χ0) is 15.8. The largest absolute Gasteiger partial charge is 0.417 e. The molecule has 0 spiro atoms. The third kappa shape index (κ3) is 16.4. The molecule has 1 radical (unpaired) electrons. The van der Waals surface area contributed by atoms with E-state index in [1.54, 1.807) is 0 Å². The van der Waals surface area contributed by atoms with Crippen molar-refractivity contribution in [2.24, 2.45) is 5.92 Å². The Morgan fingerprint density at radius 2 is 1.24 bits per heavy atom. The van der Waals surface area contributed by atoms with Crippen LogP contribution in [0.1, 0.15) is 97.3 Å². The molecule has 0 amide bonds. The molecule has 0 saturated carbocycles. The first kappa shape index (κ1) is 21.2. The average Bonchev–Trinajstić information content (AvgIpc) is 2.47. The zero-order valence-corrected chi connectivity index (χ0v) is 16.4. The summed E-state index contributed by atoms with van der Waals surface area (Å²) >= 11 is 0. The van der Waals surface area contributed by atoms with E-state index in [1.165, 1.54) is 83.5 Å². The van der Waals surface area contributed by atoms with Crippen LogP contribution in [0.25, 0.3) is 0 Å². The molecule has 0 aromatic heterocycles. The van der Waals surface area contributed by atoms with Gasteiger partial charge in [0.15, 0.2) is 0 Å².